The van der Waals surface area contributed by atoms with Gasteiger partial charge in [-0.1, -0.05) is 6.92 Å². The standard InChI is InChI=1S/C17H20N4O4/c1-12-7-9-20(10-8-12)16-15(21(22)23)17(19-11-18-16)25-14-5-3-13(24-2)4-6-14/h3-6,11-12H,7-10H2,1-2H3. The van der Waals surface area contributed by atoms with E-state index in [-0.39, 0.29) is 11.6 Å². The highest BCUT2D eigenvalue weighted by molar-refractivity contribution is 5.63. The van der Waals surface area contributed by atoms with Gasteiger partial charge in [-0.3, -0.25) is 10.1 Å². The Hall–Kier alpha value is -2.90. The molecule has 0 aliphatic carbocycles. The van der Waals surface area contributed by atoms with Gasteiger partial charge >= 0.3 is 11.6 Å². The van der Waals surface area contributed by atoms with E-state index in [1.54, 1.807) is 31.4 Å². The van der Waals surface area contributed by atoms with Crippen molar-refractivity contribution in [2.24, 2.45) is 5.92 Å². The van der Waals surface area contributed by atoms with Crippen molar-refractivity contribution in [1.82, 2.24) is 9.97 Å². The maximum absolute atomic E-state index is 11.6. The van der Waals surface area contributed by atoms with Crippen LogP contribution in [0.3, 0.4) is 0 Å². The zero-order chi connectivity index (χ0) is 17.8. The molecule has 2 aromatic rings. The molecule has 1 aromatic carbocycles. The average Bonchev–Trinajstić information content (AvgIpc) is 2.62. The zero-order valence-corrected chi connectivity index (χ0v) is 14.2. The summed E-state index contributed by atoms with van der Waals surface area (Å²) in [4.78, 5) is 21.2. The van der Waals surface area contributed by atoms with Crippen LogP contribution in [0.15, 0.2) is 30.6 Å². The molecule has 1 aliphatic heterocycles. The number of hydrogen-bond donors (Lipinski definition) is 0. The van der Waals surface area contributed by atoms with Gasteiger partial charge in [-0.15, -0.1) is 0 Å². The highest BCUT2D eigenvalue weighted by Crippen LogP contribution is 2.37. The second-order valence-corrected chi connectivity index (χ2v) is 6.06. The second kappa shape index (κ2) is 7.33. The number of ether oxygens (including phenoxy) is 2. The third-order valence-electron chi connectivity index (χ3n) is 4.31. The van der Waals surface area contributed by atoms with Crippen LogP contribution in [0.5, 0.6) is 17.4 Å². The molecule has 1 fully saturated rings. The van der Waals surface area contributed by atoms with Crippen LogP contribution in [-0.2, 0) is 0 Å². The van der Waals surface area contributed by atoms with Crippen molar-refractivity contribution in [3.05, 3.63) is 40.7 Å². The van der Waals surface area contributed by atoms with Crippen LogP contribution in [0, 0.1) is 16.0 Å². The number of nitro groups is 1. The number of methoxy groups -OCH3 is 1. The smallest absolute Gasteiger partial charge is 0.373 e. The Labute approximate surface area is 145 Å². The normalized spacial score (nSPS) is 15.0. The molecule has 0 saturated carbocycles. The molecule has 0 spiro atoms. The van der Waals surface area contributed by atoms with Crippen molar-refractivity contribution >= 4 is 11.5 Å². The maximum Gasteiger partial charge on any atom is 0.373 e. The van der Waals surface area contributed by atoms with Gasteiger partial charge in [0.05, 0.1) is 12.0 Å². The van der Waals surface area contributed by atoms with E-state index < -0.39 is 4.92 Å². The lowest BCUT2D eigenvalue weighted by Gasteiger charge is -2.30. The van der Waals surface area contributed by atoms with E-state index in [1.165, 1.54) is 6.33 Å². The highest BCUT2D eigenvalue weighted by Gasteiger charge is 2.30. The molecule has 0 unspecified atom stereocenters. The van der Waals surface area contributed by atoms with Crippen LogP contribution in [0.2, 0.25) is 0 Å². The highest BCUT2D eigenvalue weighted by atomic mass is 16.6. The molecule has 1 saturated heterocycles. The first-order valence-corrected chi connectivity index (χ1v) is 8.14. The predicted octanol–water partition coefficient (Wildman–Crippen LogP) is 3.42. The largest absolute Gasteiger partial charge is 0.497 e. The summed E-state index contributed by atoms with van der Waals surface area (Å²) in [5.41, 5.74) is -0.201. The SMILES string of the molecule is COc1ccc(Oc2ncnc(N3CCC(C)CC3)c2[N+](=O)[O-])cc1. The summed E-state index contributed by atoms with van der Waals surface area (Å²) in [7, 11) is 1.57. The van der Waals surface area contributed by atoms with E-state index in [4.69, 9.17) is 9.47 Å². The summed E-state index contributed by atoms with van der Waals surface area (Å²) in [5.74, 6) is 2.00. The van der Waals surface area contributed by atoms with Gasteiger partial charge in [0.2, 0.25) is 5.82 Å². The minimum Gasteiger partial charge on any atom is -0.497 e. The molecule has 2 heterocycles. The third-order valence-corrected chi connectivity index (χ3v) is 4.31. The van der Waals surface area contributed by atoms with Crippen LogP contribution in [0.25, 0.3) is 0 Å². The summed E-state index contributed by atoms with van der Waals surface area (Å²) >= 11 is 0. The van der Waals surface area contributed by atoms with Crippen molar-refractivity contribution in [1.29, 1.82) is 0 Å². The Morgan fingerprint density at radius 2 is 1.80 bits per heavy atom. The van der Waals surface area contributed by atoms with Gasteiger partial charge in [0.15, 0.2) is 0 Å². The number of anilines is 1. The molecule has 0 bridgehead atoms. The van der Waals surface area contributed by atoms with Gasteiger partial charge in [-0.05, 0) is 43.0 Å². The fourth-order valence-electron chi connectivity index (χ4n) is 2.80. The van der Waals surface area contributed by atoms with Gasteiger partial charge in [-0.25, -0.2) is 4.98 Å². The molecule has 3 rings (SSSR count). The van der Waals surface area contributed by atoms with Crippen LogP contribution in [0.4, 0.5) is 11.5 Å². The molecule has 8 nitrogen and oxygen atoms in total. The molecule has 0 N–H and O–H groups in total. The molecule has 0 radical (unpaired) electrons. The second-order valence-electron chi connectivity index (χ2n) is 6.06. The van der Waals surface area contributed by atoms with Gasteiger partial charge in [-0.2, -0.15) is 4.98 Å². The topological polar surface area (TPSA) is 90.6 Å². The summed E-state index contributed by atoms with van der Waals surface area (Å²) in [6.45, 7) is 3.66. The lowest BCUT2D eigenvalue weighted by atomic mass is 9.99. The summed E-state index contributed by atoms with van der Waals surface area (Å²) in [6.07, 6.45) is 3.27. The summed E-state index contributed by atoms with van der Waals surface area (Å²) < 4.78 is 10.7. The quantitative estimate of drug-likeness (QED) is 0.606. The van der Waals surface area contributed by atoms with E-state index in [0.717, 1.165) is 25.9 Å². The lowest BCUT2D eigenvalue weighted by molar-refractivity contribution is -0.385. The lowest BCUT2D eigenvalue weighted by Crippen LogP contribution is -2.34. The van der Waals surface area contributed by atoms with Crippen molar-refractivity contribution in [3.63, 3.8) is 0 Å². The number of piperidine rings is 1. The Bertz CT molecular complexity index is 743. The molecular weight excluding hydrogens is 324 g/mol. The molecule has 0 atom stereocenters. The fraction of sp³-hybridized carbons (Fsp3) is 0.412. The Morgan fingerprint density at radius 3 is 2.40 bits per heavy atom. The van der Waals surface area contributed by atoms with E-state index >= 15 is 0 Å². The number of nitrogens with zero attached hydrogens (tertiary/aromatic N) is 4. The van der Waals surface area contributed by atoms with Crippen LogP contribution < -0.4 is 14.4 Å². The molecule has 1 aliphatic rings. The molecular formula is C17H20N4O4. The van der Waals surface area contributed by atoms with Crippen molar-refractivity contribution < 1.29 is 14.4 Å². The molecule has 132 valence electrons. The number of hydrogen-bond acceptors (Lipinski definition) is 7. The van der Waals surface area contributed by atoms with E-state index in [2.05, 4.69) is 16.9 Å². The van der Waals surface area contributed by atoms with Gasteiger partial charge in [0.1, 0.15) is 17.8 Å². The molecule has 25 heavy (non-hydrogen) atoms. The van der Waals surface area contributed by atoms with E-state index in [9.17, 15) is 10.1 Å². The Balaban J connectivity index is 1.90. The number of rotatable bonds is 5. The van der Waals surface area contributed by atoms with Gasteiger partial charge in [0, 0.05) is 13.1 Å². The summed E-state index contributed by atoms with van der Waals surface area (Å²) in [5, 5.41) is 11.6. The van der Waals surface area contributed by atoms with Gasteiger partial charge < -0.3 is 14.4 Å². The molecule has 8 heteroatoms. The van der Waals surface area contributed by atoms with E-state index in [1.807, 2.05) is 4.90 Å². The minimum absolute atomic E-state index is 0.0567. The average molecular weight is 344 g/mol. The molecule has 0 amide bonds. The van der Waals surface area contributed by atoms with Crippen LogP contribution in [-0.4, -0.2) is 35.1 Å². The fourth-order valence-corrected chi connectivity index (χ4v) is 2.80. The van der Waals surface area contributed by atoms with Gasteiger partial charge in [0.25, 0.3) is 0 Å². The zero-order valence-electron chi connectivity index (χ0n) is 14.2. The van der Waals surface area contributed by atoms with Crippen LogP contribution >= 0.6 is 0 Å². The number of aromatic nitrogens is 2. The number of benzene rings is 1. The van der Waals surface area contributed by atoms with E-state index in [0.29, 0.717) is 23.2 Å². The minimum atomic E-state index is -0.480. The Kier molecular flexibility index (Phi) is 4.97. The monoisotopic (exact) mass is 344 g/mol. The third kappa shape index (κ3) is 3.78. The first-order valence-electron chi connectivity index (χ1n) is 8.14. The maximum atomic E-state index is 11.6. The van der Waals surface area contributed by atoms with Crippen molar-refractivity contribution in [2.45, 2.75) is 19.8 Å². The first kappa shape index (κ1) is 16.9. The summed E-state index contributed by atoms with van der Waals surface area (Å²) in [6, 6.07) is 6.78. The first-order chi connectivity index (χ1) is 12.1. The van der Waals surface area contributed by atoms with Crippen molar-refractivity contribution in [2.75, 3.05) is 25.1 Å². The van der Waals surface area contributed by atoms with Crippen LogP contribution in [0.1, 0.15) is 19.8 Å². The Morgan fingerprint density at radius 1 is 1.16 bits per heavy atom. The van der Waals surface area contributed by atoms with Crippen molar-refractivity contribution in [3.8, 4) is 17.4 Å². The molecule has 1 aromatic heterocycles. The predicted molar refractivity (Wildman–Crippen MR) is 92.4 cm³/mol.